The molecule has 0 radical (unpaired) electrons. The molecule has 294 valence electrons. The topological polar surface area (TPSA) is 163 Å². The van der Waals surface area contributed by atoms with Crippen LogP contribution in [0.4, 0.5) is 28.7 Å². The second-order valence-corrected chi connectivity index (χ2v) is 16.1. The minimum Gasteiger partial charge on any atom is -0.392 e. The summed E-state index contributed by atoms with van der Waals surface area (Å²) in [5.41, 5.74) is 5.55. The van der Waals surface area contributed by atoms with Crippen molar-refractivity contribution in [2.24, 2.45) is 12.5 Å². The van der Waals surface area contributed by atoms with Crippen LogP contribution in [0.5, 0.6) is 0 Å². The van der Waals surface area contributed by atoms with Crippen LogP contribution in [0.2, 0.25) is 0 Å². The first-order chi connectivity index (χ1) is 26.9. The first-order valence-electron chi connectivity index (χ1n) is 19.4. The number of carbonyl (C=O) groups is 2. The molecule has 4 aliphatic rings. The van der Waals surface area contributed by atoms with Gasteiger partial charge in [-0.3, -0.25) is 24.2 Å². The van der Waals surface area contributed by atoms with Crippen molar-refractivity contribution in [3.63, 3.8) is 0 Å². The number of pyridine rings is 1. The number of fused-ring (bicyclic) bond motifs is 3. The summed E-state index contributed by atoms with van der Waals surface area (Å²) in [7, 11) is 1.53. The molecular weight excluding hydrogens is 713 g/mol. The number of benzene rings is 1. The third-order valence-electron chi connectivity index (χ3n) is 11.6. The zero-order chi connectivity index (χ0) is 39.3. The number of aryl methyl sites for hydroxylation is 1. The van der Waals surface area contributed by atoms with Gasteiger partial charge < -0.3 is 29.9 Å². The zero-order valence-electron chi connectivity index (χ0n) is 32.5. The molecule has 0 bridgehead atoms. The van der Waals surface area contributed by atoms with Gasteiger partial charge in [0.2, 0.25) is 11.7 Å². The largest absolute Gasteiger partial charge is 0.392 e. The van der Waals surface area contributed by atoms with Crippen LogP contribution >= 0.6 is 0 Å². The summed E-state index contributed by atoms with van der Waals surface area (Å²) < 4.78 is 8.90. The monoisotopic (exact) mass is 762 g/mol. The van der Waals surface area contributed by atoms with Crippen LogP contribution in [-0.4, -0.2) is 97.6 Å². The number of aromatic nitrogens is 5. The predicted octanol–water partition coefficient (Wildman–Crippen LogP) is 3.87. The molecule has 0 spiro atoms. The smallest absolute Gasteiger partial charge is 0.309 e. The van der Waals surface area contributed by atoms with Gasteiger partial charge >= 0.3 is 5.56 Å². The third-order valence-corrected chi connectivity index (χ3v) is 11.6. The SMILES string of the molecule is C=CC(=O)Nc1cc(Nc2nc(-c3ccnc(N4CCn5c(cc6c5CC(C)(C)C6)C4=O)c3CO)nn(C)c2=O)ccc1N1CCN(C2CCOCC2)C[C@@H]1C. The molecule has 3 aliphatic heterocycles. The lowest BCUT2D eigenvalue weighted by Crippen LogP contribution is -2.56. The number of aliphatic hydroxyl groups is 1. The fourth-order valence-electron chi connectivity index (χ4n) is 8.92. The van der Waals surface area contributed by atoms with Crippen molar-refractivity contribution in [3.05, 3.63) is 82.1 Å². The number of nitrogens with one attached hydrogen (secondary N) is 2. The number of hydrogen-bond acceptors (Lipinski definition) is 11. The minimum absolute atomic E-state index is 0.00346. The molecule has 15 nitrogen and oxygen atoms in total. The highest BCUT2D eigenvalue weighted by atomic mass is 16.5. The molecule has 1 atom stereocenters. The molecule has 3 N–H and O–H groups in total. The fraction of sp³-hybridized carbons (Fsp3) is 0.463. The van der Waals surface area contributed by atoms with Crippen molar-refractivity contribution in [2.45, 2.75) is 71.7 Å². The van der Waals surface area contributed by atoms with Crippen LogP contribution in [0.3, 0.4) is 0 Å². The van der Waals surface area contributed by atoms with Gasteiger partial charge in [0.05, 0.1) is 18.0 Å². The Morgan fingerprint density at radius 2 is 1.89 bits per heavy atom. The van der Waals surface area contributed by atoms with Gasteiger partial charge in [-0.05, 0) is 80.0 Å². The Hall–Kier alpha value is -5.38. The average molecular weight is 763 g/mol. The Morgan fingerprint density at radius 3 is 2.64 bits per heavy atom. The lowest BCUT2D eigenvalue weighted by atomic mass is 9.90. The third kappa shape index (κ3) is 6.99. The molecule has 8 rings (SSSR count). The Morgan fingerprint density at radius 1 is 1.09 bits per heavy atom. The Balaban J connectivity index is 1.07. The Kier molecular flexibility index (Phi) is 10.0. The lowest BCUT2D eigenvalue weighted by Gasteiger charge is -2.45. The summed E-state index contributed by atoms with van der Waals surface area (Å²) in [6, 6.07) is 9.96. The number of hydrogen-bond donors (Lipinski definition) is 3. The molecule has 6 heterocycles. The number of nitrogens with zero attached hydrogens (tertiary/aromatic N) is 8. The van der Waals surface area contributed by atoms with Crippen LogP contribution in [0.25, 0.3) is 11.4 Å². The molecule has 1 aromatic carbocycles. The van der Waals surface area contributed by atoms with E-state index < -0.39 is 12.2 Å². The molecule has 3 aromatic heterocycles. The van der Waals surface area contributed by atoms with Gasteiger partial charge in [0.25, 0.3) is 5.91 Å². The van der Waals surface area contributed by atoms with E-state index in [2.05, 4.69) is 67.4 Å². The first-order valence-corrected chi connectivity index (χ1v) is 19.4. The van der Waals surface area contributed by atoms with E-state index in [1.54, 1.807) is 23.2 Å². The van der Waals surface area contributed by atoms with E-state index in [9.17, 15) is 19.5 Å². The maximum atomic E-state index is 13.9. The number of anilines is 5. The van der Waals surface area contributed by atoms with Gasteiger partial charge in [-0.2, -0.15) is 0 Å². The van der Waals surface area contributed by atoms with Gasteiger partial charge in [-0.25, -0.2) is 14.6 Å². The molecule has 0 saturated carbocycles. The van der Waals surface area contributed by atoms with Crippen molar-refractivity contribution < 1.29 is 19.4 Å². The average Bonchev–Trinajstić information content (AvgIpc) is 3.69. The van der Waals surface area contributed by atoms with E-state index in [1.807, 2.05) is 18.2 Å². The van der Waals surface area contributed by atoms with E-state index in [4.69, 9.17) is 4.74 Å². The summed E-state index contributed by atoms with van der Waals surface area (Å²) in [4.78, 5) is 55.7. The molecule has 1 aliphatic carbocycles. The molecule has 15 heteroatoms. The Bertz CT molecular complexity index is 2260. The van der Waals surface area contributed by atoms with E-state index >= 15 is 0 Å². The van der Waals surface area contributed by atoms with Crippen molar-refractivity contribution in [2.75, 3.05) is 59.8 Å². The van der Waals surface area contributed by atoms with Gasteiger partial charge in [-0.15, -0.1) is 5.10 Å². The number of piperazine rings is 1. The first kappa shape index (κ1) is 37.5. The summed E-state index contributed by atoms with van der Waals surface area (Å²) in [6.45, 7) is 15.1. The highest BCUT2D eigenvalue weighted by Gasteiger charge is 2.38. The van der Waals surface area contributed by atoms with Crippen LogP contribution < -0.4 is 26.0 Å². The maximum Gasteiger partial charge on any atom is 0.309 e. The molecule has 0 unspecified atom stereocenters. The van der Waals surface area contributed by atoms with E-state index in [0.29, 0.717) is 53.1 Å². The van der Waals surface area contributed by atoms with Crippen LogP contribution in [0.15, 0.2) is 54.0 Å². The lowest BCUT2D eigenvalue weighted by molar-refractivity contribution is -0.111. The van der Waals surface area contributed by atoms with E-state index in [1.165, 1.54) is 29.1 Å². The summed E-state index contributed by atoms with van der Waals surface area (Å²) in [6.07, 6.45) is 6.71. The zero-order valence-corrected chi connectivity index (χ0v) is 32.5. The summed E-state index contributed by atoms with van der Waals surface area (Å²) in [5.74, 6) is -0.0305. The van der Waals surface area contributed by atoms with E-state index in [0.717, 1.165) is 64.2 Å². The number of amides is 2. The Labute approximate surface area is 326 Å². The molecule has 2 fully saturated rings. The van der Waals surface area contributed by atoms with Crippen molar-refractivity contribution in [3.8, 4) is 11.4 Å². The number of aliphatic hydroxyl groups excluding tert-OH is 1. The van der Waals surface area contributed by atoms with Crippen molar-refractivity contribution >= 4 is 40.5 Å². The normalized spacial score (nSPS) is 19.8. The van der Waals surface area contributed by atoms with Gasteiger partial charge in [0.1, 0.15) is 11.5 Å². The standard InChI is InChI=1S/C41H50N10O5/c1-6-35(53)44-31-20-27(7-8-32(31)49-14-13-48(23-25(49)2)28-10-17-56-18-11-28)43-37-40(55)47(5)46-36(45-37)29-9-12-42-38(30(29)24-52)51-16-15-50-33(39(51)54)19-26-21-41(3,4)22-34(26)50/h6-9,12,19-20,25,28,52H,1,10-11,13-18,21-24H2,2-5H3,(H,44,53)(H,43,45,46)/t25-/m0/s1. The van der Waals surface area contributed by atoms with Crippen LogP contribution in [0, 0.1) is 5.41 Å². The van der Waals surface area contributed by atoms with Crippen LogP contribution in [-0.2, 0) is 42.6 Å². The highest BCUT2D eigenvalue weighted by Crippen LogP contribution is 2.40. The summed E-state index contributed by atoms with van der Waals surface area (Å²) in [5, 5.41) is 21.3. The molecular formula is C41H50N10O5. The molecule has 2 amide bonds. The van der Waals surface area contributed by atoms with Gasteiger partial charge in [0.15, 0.2) is 5.82 Å². The fourth-order valence-corrected chi connectivity index (χ4v) is 8.92. The van der Waals surface area contributed by atoms with E-state index in [-0.39, 0.29) is 34.9 Å². The predicted molar refractivity (Wildman–Crippen MR) is 214 cm³/mol. The van der Waals surface area contributed by atoms with Crippen LogP contribution in [0.1, 0.15) is 60.9 Å². The summed E-state index contributed by atoms with van der Waals surface area (Å²) >= 11 is 0. The van der Waals surface area contributed by atoms with Crippen molar-refractivity contribution in [1.29, 1.82) is 0 Å². The number of carbonyl (C=O) groups excluding carboxylic acids is 2. The second kappa shape index (κ2) is 14.9. The molecule has 2 saturated heterocycles. The highest BCUT2D eigenvalue weighted by molar-refractivity contribution is 6.06. The number of ether oxygens (including phenoxy) is 1. The molecule has 4 aromatic rings. The molecule has 56 heavy (non-hydrogen) atoms. The minimum atomic E-state index is -0.476. The van der Waals surface area contributed by atoms with Crippen molar-refractivity contribution in [1.82, 2.24) is 29.2 Å². The van der Waals surface area contributed by atoms with Gasteiger partial charge in [0, 0.05) is 93.8 Å². The number of rotatable bonds is 9. The van der Waals surface area contributed by atoms with Gasteiger partial charge in [-0.1, -0.05) is 20.4 Å². The quantitative estimate of drug-likeness (QED) is 0.212. The maximum absolute atomic E-state index is 13.9. The second-order valence-electron chi connectivity index (χ2n) is 16.1.